The Labute approximate surface area is 235 Å². The van der Waals surface area contributed by atoms with Crippen LogP contribution in [0.4, 0.5) is 19.3 Å². The molecule has 3 aromatic carbocycles. The maximum atomic E-state index is 13.8. The lowest BCUT2D eigenvalue weighted by molar-refractivity contribution is 0.0709. The lowest BCUT2D eigenvalue weighted by Gasteiger charge is -2.32. The fourth-order valence-electron chi connectivity index (χ4n) is 5.06. The number of nitrogens with zero attached hydrogens (tertiary/aromatic N) is 3. The summed E-state index contributed by atoms with van der Waals surface area (Å²) < 4.78 is 28.9. The first-order chi connectivity index (χ1) is 19.7. The van der Waals surface area contributed by atoms with E-state index in [1.54, 1.807) is 4.90 Å². The number of halogens is 2. The topological polar surface area (TPSA) is 129 Å². The van der Waals surface area contributed by atoms with E-state index in [2.05, 4.69) is 10.6 Å². The van der Waals surface area contributed by atoms with E-state index >= 15 is 0 Å². The number of hydrogen-bond acceptors (Lipinski definition) is 4. The quantitative estimate of drug-likeness (QED) is 0.198. The minimum Gasteiger partial charge on any atom is -0.384 e. The summed E-state index contributed by atoms with van der Waals surface area (Å²) in [7, 11) is 1.96. The van der Waals surface area contributed by atoms with E-state index in [0.29, 0.717) is 43.1 Å². The number of urea groups is 1. The van der Waals surface area contributed by atoms with Crippen LogP contribution in [0.15, 0.2) is 60.7 Å². The Hall–Kier alpha value is -4.80. The summed E-state index contributed by atoms with van der Waals surface area (Å²) in [5.74, 6) is -0.714. The number of rotatable bonds is 7. The average Bonchev–Trinajstić information content (AvgIpc) is 3.28. The van der Waals surface area contributed by atoms with Crippen molar-refractivity contribution in [3.05, 3.63) is 94.8 Å². The highest BCUT2D eigenvalue weighted by Gasteiger charge is 2.25. The van der Waals surface area contributed by atoms with Crippen LogP contribution < -0.4 is 16.4 Å². The molecule has 1 aliphatic rings. The van der Waals surface area contributed by atoms with Gasteiger partial charge in [0.15, 0.2) is 0 Å². The Balaban J connectivity index is 1.16. The largest absolute Gasteiger partial charge is 0.384 e. The molecule has 41 heavy (non-hydrogen) atoms. The molecule has 212 valence electrons. The first-order valence-electron chi connectivity index (χ1n) is 13.4. The van der Waals surface area contributed by atoms with Crippen LogP contribution in [0, 0.1) is 17.0 Å². The molecule has 5 rings (SSSR count). The van der Waals surface area contributed by atoms with E-state index < -0.39 is 17.7 Å². The Morgan fingerprint density at radius 3 is 2.39 bits per heavy atom. The van der Waals surface area contributed by atoms with Crippen LogP contribution >= 0.6 is 0 Å². The third-order valence-electron chi connectivity index (χ3n) is 7.42. The molecule has 1 saturated heterocycles. The highest BCUT2D eigenvalue weighted by atomic mass is 19.1. The van der Waals surface area contributed by atoms with E-state index in [1.807, 2.05) is 54.1 Å². The lowest BCUT2D eigenvalue weighted by Crippen LogP contribution is -2.47. The standard InChI is InChI=1S/C30H31F2N7O2/c1-38-26-10-7-20(16-25(26)36-27(38)11-4-18-2-5-19(6-3-18)28(33)34)29(40)39-14-12-22(13-15-39)35-30(41)37-24-9-8-21(31)17-23(24)32/h2-3,5-10,16-17,22H,4,11-15H2,1H3,(H3,33,34)(H2,35,37,41). The van der Waals surface area contributed by atoms with E-state index in [9.17, 15) is 18.4 Å². The second-order valence-electron chi connectivity index (χ2n) is 10.2. The summed E-state index contributed by atoms with van der Waals surface area (Å²) in [5.41, 5.74) is 9.49. The SMILES string of the molecule is Cn1c(CCc2ccc(C(=N)N)cc2)nc2cc(C(=O)N3CCC(NC(=O)Nc4ccc(F)cc4F)CC3)ccc21. The van der Waals surface area contributed by atoms with Gasteiger partial charge < -0.3 is 25.8 Å². The van der Waals surface area contributed by atoms with Crippen molar-refractivity contribution in [2.45, 2.75) is 31.7 Å². The van der Waals surface area contributed by atoms with Crippen LogP contribution in [0.2, 0.25) is 0 Å². The third-order valence-corrected chi connectivity index (χ3v) is 7.42. The number of likely N-dealkylation sites (tertiary alicyclic amines) is 1. The van der Waals surface area contributed by atoms with Gasteiger partial charge in [-0.25, -0.2) is 18.6 Å². The van der Waals surface area contributed by atoms with Gasteiger partial charge >= 0.3 is 6.03 Å². The van der Waals surface area contributed by atoms with Crippen molar-refractivity contribution < 1.29 is 18.4 Å². The Morgan fingerprint density at radius 1 is 1.00 bits per heavy atom. The van der Waals surface area contributed by atoms with E-state index in [1.165, 1.54) is 6.07 Å². The fourth-order valence-corrected chi connectivity index (χ4v) is 5.06. The number of carbonyl (C=O) groups excluding carboxylic acids is 2. The summed E-state index contributed by atoms with van der Waals surface area (Å²) in [5, 5.41) is 12.7. The molecule has 1 fully saturated rings. The number of fused-ring (bicyclic) bond motifs is 1. The van der Waals surface area contributed by atoms with Gasteiger partial charge in [-0.05, 0) is 55.2 Å². The molecule has 1 aliphatic heterocycles. The van der Waals surface area contributed by atoms with Crippen LogP contribution in [0.25, 0.3) is 11.0 Å². The molecule has 0 atom stereocenters. The van der Waals surface area contributed by atoms with Gasteiger partial charge in [0, 0.05) is 49.8 Å². The zero-order chi connectivity index (χ0) is 29.1. The molecule has 0 saturated carbocycles. The monoisotopic (exact) mass is 559 g/mol. The van der Waals surface area contributed by atoms with Crippen LogP contribution in [0.5, 0.6) is 0 Å². The number of nitrogens with two attached hydrogens (primary N) is 1. The Bertz CT molecular complexity index is 1610. The lowest BCUT2D eigenvalue weighted by atomic mass is 10.0. The molecule has 9 nitrogen and oxygen atoms in total. The number of amidine groups is 1. The number of amides is 3. The van der Waals surface area contributed by atoms with E-state index in [-0.39, 0.29) is 23.5 Å². The van der Waals surface area contributed by atoms with Crippen molar-refractivity contribution in [2.24, 2.45) is 12.8 Å². The van der Waals surface area contributed by atoms with Gasteiger partial charge in [-0.2, -0.15) is 0 Å². The summed E-state index contributed by atoms with van der Waals surface area (Å²) in [6.45, 7) is 0.922. The van der Waals surface area contributed by atoms with Gasteiger partial charge in [0.2, 0.25) is 0 Å². The fraction of sp³-hybridized carbons (Fsp3) is 0.267. The predicted octanol–water partition coefficient (Wildman–Crippen LogP) is 4.35. The van der Waals surface area contributed by atoms with Gasteiger partial charge in [0.25, 0.3) is 5.91 Å². The van der Waals surface area contributed by atoms with Crippen LogP contribution in [0.3, 0.4) is 0 Å². The number of carbonyl (C=O) groups is 2. The Kier molecular flexibility index (Phi) is 7.95. The van der Waals surface area contributed by atoms with Crippen molar-refractivity contribution in [1.29, 1.82) is 5.41 Å². The second kappa shape index (κ2) is 11.7. The highest BCUT2D eigenvalue weighted by Crippen LogP contribution is 2.21. The number of benzene rings is 3. The number of nitrogens with one attached hydrogen (secondary N) is 3. The molecule has 5 N–H and O–H groups in total. The maximum Gasteiger partial charge on any atom is 0.319 e. The van der Waals surface area contributed by atoms with Gasteiger partial charge in [-0.1, -0.05) is 24.3 Å². The molecule has 2 heterocycles. The summed E-state index contributed by atoms with van der Waals surface area (Å²) in [4.78, 5) is 32.1. The number of anilines is 1. The first kappa shape index (κ1) is 27.8. The van der Waals surface area contributed by atoms with Crippen molar-refractivity contribution in [3.63, 3.8) is 0 Å². The van der Waals surface area contributed by atoms with Gasteiger partial charge in [-0.3, -0.25) is 10.2 Å². The number of aromatic nitrogens is 2. The molecular weight excluding hydrogens is 528 g/mol. The third kappa shape index (κ3) is 6.34. The van der Waals surface area contributed by atoms with Crippen molar-refractivity contribution in [1.82, 2.24) is 19.8 Å². The maximum absolute atomic E-state index is 13.8. The van der Waals surface area contributed by atoms with Crippen LogP contribution in [-0.4, -0.2) is 51.4 Å². The molecule has 0 bridgehead atoms. The number of imidazole rings is 1. The summed E-state index contributed by atoms with van der Waals surface area (Å²) in [6, 6.07) is 15.3. The second-order valence-corrected chi connectivity index (χ2v) is 10.2. The van der Waals surface area contributed by atoms with Crippen molar-refractivity contribution in [2.75, 3.05) is 18.4 Å². The van der Waals surface area contributed by atoms with Crippen LogP contribution in [0.1, 0.15) is 40.2 Å². The zero-order valence-corrected chi connectivity index (χ0v) is 22.6. The predicted molar refractivity (Wildman–Crippen MR) is 153 cm³/mol. The van der Waals surface area contributed by atoms with Gasteiger partial charge in [0.1, 0.15) is 23.3 Å². The smallest absolute Gasteiger partial charge is 0.319 e. The van der Waals surface area contributed by atoms with E-state index in [0.717, 1.165) is 41.3 Å². The zero-order valence-electron chi connectivity index (χ0n) is 22.6. The number of piperidine rings is 1. The summed E-state index contributed by atoms with van der Waals surface area (Å²) >= 11 is 0. The molecule has 1 aromatic heterocycles. The molecule has 3 amide bonds. The number of hydrogen-bond donors (Lipinski definition) is 4. The molecular formula is C30H31F2N7O2. The molecule has 0 radical (unpaired) electrons. The first-order valence-corrected chi connectivity index (χ1v) is 13.4. The van der Waals surface area contributed by atoms with Gasteiger partial charge in [0.05, 0.1) is 16.7 Å². The molecule has 11 heteroatoms. The van der Waals surface area contributed by atoms with Crippen LogP contribution in [-0.2, 0) is 19.9 Å². The number of nitrogen functional groups attached to an aromatic ring is 1. The van der Waals surface area contributed by atoms with E-state index in [4.69, 9.17) is 16.1 Å². The molecule has 0 aliphatic carbocycles. The normalized spacial score (nSPS) is 13.8. The minimum atomic E-state index is -0.849. The summed E-state index contributed by atoms with van der Waals surface area (Å²) in [6.07, 6.45) is 2.60. The average molecular weight is 560 g/mol. The number of aryl methyl sites for hydroxylation is 3. The Morgan fingerprint density at radius 2 is 1.71 bits per heavy atom. The van der Waals surface area contributed by atoms with Crippen molar-refractivity contribution in [3.8, 4) is 0 Å². The molecule has 4 aromatic rings. The highest BCUT2D eigenvalue weighted by molar-refractivity contribution is 5.97. The van der Waals surface area contributed by atoms with Crippen molar-refractivity contribution >= 4 is 34.5 Å². The molecule has 0 unspecified atom stereocenters. The van der Waals surface area contributed by atoms with Gasteiger partial charge in [-0.15, -0.1) is 0 Å². The minimum absolute atomic E-state index is 0.0435. The molecule has 0 spiro atoms.